The molecule has 0 bridgehead atoms. The summed E-state index contributed by atoms with van der Waals surface area (Å²) in [6, 6.07) is 12.5. The van der Waals surface area contributed by atoms with E-state index < -0.39 is 12.1 Å². The topological polar surface area (TPSA) is 87.2 Å². The molecule has 11 heteroatoms. The van der Waals surface area contributed by atoms with Gasteiger partial charge in [-0.2, -0.15) is 0 Å². The van der Waals surface area contributed by atoms with Gasteiger partial charge in [-0.1, -0.05) is 35.5 Å². The number of benzene rings is 2. The standard InChI is InChI=1S/C31H23ClF2N6O2/c1-15-6-17-3-2-16(8-27(17)42-14-15)18-7-24(35-12-18)29-20-10-21(20)31-36-23(11-28(41)40(29)31)22-9-19(32)4-5-26(22)39-13-25(30(33)34)37-38-39/h2-5,8-9,11-13,20-21,29-30H,1,6-7,10,14H2. The quantitative estimate of drug-likeness (QED) is 0.264. The number of allylic oxidation sites excluding steroid dienone is 1. The van der Waals surface area contributed by atoms with Gasteiger partial charge < -0.3 is 4.74 Å². The minimum Gasteiger partial charge on any atom is -0.489 e. The summed E-state index contributed by atoms with van der Waals surface area (Å²) >= 11 is 6.31. The van der Waals surface area contributed by atoms with Gasteiger partial charge in [-0.3, -0.25) is 14.4 Å². The number of aliphatic imine (C=N–C) groups is 1. The van der Waals surface area contributed by atoms with E-state index >= 15 is 0 Å². The second kappa shape index (κ2) is 9.29. The molecule has 4 aromatic rings. The predicted octanol–water partition coefficient (Wildman–Crippen LogP) is 6.12. The maximum Gasteiger partial charge on any atom is 0.283 e. The molecule has 0 N–H and O–H groups in total. The molecule has 0 saturated heterocycles. The fraction of sp³-hybridized carbons (Fsp3) is 0.258. The van der Waals surface area contributed by atoms with Gasteiger partial charge in [0.1, 0.15) is 23.9 Å². The van der Waals surface area contributed by atoms with E-state index in [0.29, 0.717) is 40.8 Å². The lowest BCUT2D eigenvalue weighted by molar-refractivity contribution is 0.146. The van der Waals surface area contributed by atoms with Crippen LogP contribution in [0.3, 0.4) is 0 Å². The van der Waals surface area contributed by atoms with Crippen molar-refractivity contribution in [1.29, 1.82) is 0 Å². The Balaban J connectivity index is 1.11. The molecule has 1 fully saturated rings. The molecule has 210 valence electrons. The average Bonchev–Trinajstić information content (AvgIpc) is 3.30. The van der Waals surface area contributed by atoms with Crippen molar-refractivity contribution in [2.45, 2.75) is 37.6 Å². The zero-order chi connectivity index (χ0) is 28.7. The van der Waals surface area contributed by atoms with E-state index in [9.17, 15) is 13.6 Å². The third-order valence-corrected chi connectivity index (χ3v) is 8.70. The van der Waals surface area contributed by atoms with Crippen LogP contribution in [-0.2, 0) is 6.42 Å². The molecule has 0 spiro atoms. The highest BCUT2D eigenvalue weighted by Gasteiger charge is 2.55. The molecule has 3 aliphatic heterocycles. The molecule has 3 atom stereocenters. The first-order valence-corrected chi connectivity index (χ1v) is 14.0. The number of halogens is 3. The van der Waals surface area contributed by atoms with Crippen molar-refractivity contribution in [3.8, 4) is 22.7 Å². The maximum atomic E-state index is 13.7. The zero-order valence-corrected chi connectivity index (χ0v) is 22.9. The maximum absolute atomic E-state index is 13.7. The molecule has 2 aromatic heterocycles. The number of fused-ring (bicyclic) bond motifs is 4. The van der Waals surface area contributed by atoms with Gasteiger partial charge in [0.2, 0.25) is 0 Å². The van der Waals surface area contributed by atoms with Crippen molar-refractivity contribution in [1.82, 2.24) is 24.5 Å². The second-order valence-electron chi connectivity index (χ2n) is 11.2. The van der Waals surface area contributed by atoms with E-state index in [-0.39, 0.29) is 23.4 Å². The van der Waals surface area contributed by atoms with Crippen LogP contribution >= 0.6 is 11.6 Å². The number of hydrogen-bond acceptors (Lipinski definition) is 6. The van der Waals surface area contributed by atoms with Crippen molar-refractivity contribution < 1.29 is 13.5 Å². The Morgan fingerprint density at radius 1 is 1.12 bits per heavy atom. The zero-order valence-electron chi connectivity index (χ0n) is 22.2. The molecule has 8 rings (SSSR count). The van der Waals surface area contributed by atoms with Crippen LogP contribution < -0.4 is 10.3 Å². The molecule has 3 unspecified atom stereocenters. The van der Waals surface area contributed by atoms with Gasteiger partial charge in [0.15, 0.2) is 0 Å². The van der Waals surface area contributed by atoms with Gasteiger partial charge in [0.25, 0.3) is 12.0 Å². The Hall–Kier alpha value is -4.44. The summed E-state index contributed by atoms with van der Waals surface area (Å²) in [5.41, 5.74) is 6.02. The van der Waals surface area contributed by atoms with Crippen molar-refractivity contribution >= 4 is 22.9 Å². The van der Waals surface area contributed by atoms with Crippen LogP contribution in [0.4, 0.5) is 8.78 Å². The van der Waals surface area contributed by atoms with Crippen LogP contribution in [0, 0.1) is 5.92 Å². The summed E-state index contributed by atoms with van der Waals surface area (Å²) < 4.78 is 35.3. The molecule has 0 amide bonds. The molecule has 0 radical (unpaired) electrons. The van der Waals surface area contributed by atoms with E-state index in [1.165, 1.54) is 16.9 Å². The van der Waals surface area contributed by atoms with Crippen LogP contribution in [0.1, 0.15) is 53.9 Å². The monoisotopic (exact) mass is 584 g/mol. The van der Waals surface area contributed by atoms with Gasteiger partial charge in [0, 0.05) is 47.3 Å². The van der Waals surface area contributed by atoms with Gasteiger partial charge in [-0.05, 0) is 58.9 Å². The highest BCUT2D eigenvalue weighted by molar-refractivity contribution is 6.31. The van der Waals surface area contributed by atoms with Crippen LogP contribution in [0.5, 0.6) is 5.75 Å². The largest absolute Gasteiger partial charge is 0.489 e. The van der Waals surface area contributed by atoms with Crippen LogP contribution in [-0.4, -0.2) is 36.9 Å². The Bertz CT molecular complexity index is 1940. The highest BCUT2D eigenvalue weighted by Crippen LogP contribution is 2.59. The van der Waals surface area contributed by atoms with E-state index in [2.05, 4.69) is 35.1 Å². The van der Waals surface area contributed by atoms with E-state index in [4.69, 9.17) is 26.3 Å². The summed E-state index contributed by atoms with van der Waals surface area (Å²) in [5, 5.41) is 7.85. The molecule has 2 aromatic carbocycles. The number of alkyl halides is 2. The van der Waals surface area contributed by atoms with Crippen LogP contribution in [0.2, 0.25) is 5.02 Å². The van der Waals surface area contributed by atoms with E-state index in [1.807, 2.05) is 6.20 Å². The summed E-state index contributed by atoms with van der Waals surface area (Å²) in [5.74, 6) is 2.00. The van der Waals surface area contributed by atoms with Crippen molar-refractivity contribution in [2.24, 2.45) is 10.9 Å². The Kier molecular flexibility index (Phi) is 5.59. The molecular weight excluding hydrogens is 562 g/mol. The molecule has 8 nitrogen and oxygen atoms in total. The van der Waals surface area contributed by atoms with Gasteiger partial charge >= 0.3 is 0 Å². The molecule has 42 heavy (non-hydrogen) atoms. The molecule has 4 aliphatic rings. The lowest BCUT2D eigenvalue weighted by Crippen LogP contribution is -2.30. The van der Waals surface area contributed by atoms with E-state index in [1.54, 1.807) is 22.8 Å². The number of rotatable bonds is 5. The number of ether oxygens (including phenoxy) is 1. The first-order chi connectivity index (χ1) is 20.3. The fourth-order valence-electron chi connectivity index (χ4n) is 6.38. The van der Waals surface area contributed by atoms with Gasteiger partial charge in [-0.25, -0.2) is 18.4 Å². The molecule has 1 aliphatic carbocycles. The molecule has 1 saturated carbocycles. The second-order valence-corrected chi connectivity index (χ2v) is 11.6. The van der Waals surface area contributed by atoms with Crippen molar-refractivity contribution in [3.63, 3.8) is 0 Å². The number of nitrogens with zero attached hydrogens (tertiary/aromatic N) is 6. The third-order valence-electron chi connectivity index (χ3n) is 8.46. The van der Waals surface area contributed by atoms with Crippen molar-refractivity contribution in [3.05, 3.63) is 105 Å². The van der Waals surface area contributed by atoms with Gasteiger partial charge in [-0.15, -0.1) is 5.10 Å². The van der Waals surface area contributed by atoms with E-state index in [0.717, 1.165) is 46.6 Å². The van der Waals surface area contributed by atoms with Crippen LogP contribution in [0.25, 0.3) is 22.5 Å². The SMILES string of the molecule is C=C1COc2cc(C3=CN=C(C4C5CC5c5nc(-c6cc(Cl)ccc6-n6cc(C(F)F)nn6)cc(=O)n54)C3)ccc2C1. The Morgan fingerprint density at radius 2 is 2.00 bits per heavy atom. The predicted molar refractivity (Wildman–Crippen MR) is 154 cm³/mol. The molecular formula is C31H23ClF2N6O2. The first-order valence-electron chi connectivity index (χ1n) is 13.7. The fourth-order valence-corrected chi connectivity index (χ4v) is 6.56. The Labute approximate surface area is 243 Å². The van der Waals surface area contributed by atoms with Gasteiger partial charge in [0.05, 0.1) is 23.6 Å². The highest BCUT2D eigenvalue weighted by atomic mass is 35.5. The Morgan fingerprint density at radius 3 is 2.83 bits per heavy atom. The number of aromatic nitrogens is 5. The smallest absolute Gasteiger partial charge is 0.283 e. The number of hydrogen-bond donors (Lipinski definition) is 0. The molecule has 5 heterocycles. The van der Waals surface area contributed by atoms with Crippen molar-refractivity contribution in [2.75, 3.05) is 6.61 Å². The normalized spacial score (nSPS) is 21.9. The summed E-state index contributed by atoms with van der Waals surface area (Å²) in [7, 11) is 0. The summed E-state index contributed by atoms with van der Waals surface area (Å²) in [6.45, 7) is 4.56. The average molecular weight is 585 g/mol. The lowest BCUT2D eigenvalue weighted by atomic mass is 9.95. The minimum atomic E-state index is -2.75. The first kappa shape index (κ1) is 25.3. The summed E-state index contributed by atoms with van der Waals surface area (Å²) in [4.78, 5) is 23.4. The summed E-state index contributed by atoms with van der Waals surface area (Å²) in [6.07, 6.45) is 2.70. The lowest BCUT2D eigenvalue weighted by Gasteiger charge is -2.21. The minimum absolute atomic E-state index is 0.152. The third kappa shape index (κ3) is 4.04. The van der Waals surface area contributed by atoms with Crippen LogP contribution in [0.15, 0.2) is 76.8 Å².